The van der Waals surface area contributed by atoms with E-state index >= 15 is 0 Å². The van der Waals surface area contributed by atoms with Crippen molar-refractivity contribution in [3.63, 3.8) is 0 Å². The van der Waals surface area contributed by atoms with Gasteiger partial charge in [0.1, 0.15) is 0 Å². The van der Waals surface area contributed by atoms with Crippen molar-refractivity contribution in [1.29, 1.82) is 0 Å². The van der Waals surface area contributed by atoms with E-state index in [2.05, 4.69) is 42.3 Å². The van der Waals surface area contributed by atoms with Gasteiger partial charge in [-0.15, -0.1) is 0 Å². The van der Waals surface area contributed by atoms with Gasteiger partial charge >= 0.3 is 6.18 Å². The van der Waals surface area contributed by atoms with Gasteiger partial charge in [0.25, 0.3) is 0 Å². The van der Waals surface area contributed by atoms with Crippen molar-refractivity contribution in [2.45, 2.75) is 58.3 Å². The SMILES string of the molecule is Cc1ccc(CCC(=O)NC2CCN(Cc3cccc(C(F)(F)F)c3)CC2)c(C)c1. The number of rotatable bonds is 6. The molecule has 6 heteroatoms. The standard InChI is InChI=1S/C24H29F3N2O/c1-17-6-7-20(18(2)14-17)8-9-23(30)28-22-10-12-29(13-11-22)16-19-4-3-5-21(15-19)24(25,26)27/h3-7,14-15,22H,8-13,16H2,1-2H3,(H,28,30). The molecule has 1 aliphatic heterocycles. The third-order valence-electron chi connectivity index (χ3n) is 5.73. The van der Waals surface area contributed by atoms with Crippen LogP contribution in [0.25, 0.3) is 0 Å². The van der Waals surface area contributed by atoms with Crippen LogP contribution in [0.3, 0.4) is 0 Å². The number of nitrogens with one attached hydrogen (secondary N) is 1. The quantitative estimate of drug-likeness (QED) is 0.713. The van der Waals surface area contributed by atoms with Crippen molar-refractivity contribution in [1.82, 2.24) is 10.2 Å². The Morgan fingerprint density at radius 1 is 1.10 bits per heavy atom. The Labute approximate surface area is 176 Å². The van der Waals surface area contributed by atoms with E-state index in [1.54, 1.807) is 6.07 Å². The Hall–Kier alpha value is -2.34. The van der Waals surface area contributed by atoms with Gasteiger partial charge in [-0.1, -0.05) is 42.0 Å². The first kappa shape index (κ1) is 22.3. The Morgan fingerprint density at radius 2 is 1.83 bits per heavy atom. The molecule has 0 saturated carbocycles. The second-order valence-corrected chi connectivity index (χ2v) is 8.25. The highest BCUT2D eigenvalue weighted by Crippen LogP contribution is 2.30. The van der Waals surface area contributed by atoms with E-state index in [0.717, 1.165) is 38.4 Å². The average Bonchev–Trinajstić information content (AvgIpc) is 2.68. The predicted octanol–water partition coefficient (Wildman–Crippen LogP) is 5.04. The smallest absolute Gasteiger partial charge is 0.353 e. The molecular weight excluding hydrogens is 389 g/mol. The molecular formula is C24H29F3N2O. The third kappa shape index (κ3) is 6.33. The first-order valence-corrected chi connectivity index (χ1v) is 10.4. The number of hydrogen-bond donors (Lipinski definition) is 1. The fraction of sp³-hybridized carbons (Fsp3) is 0.458. The van der Waals surface area contributed by atoms with Crippen molar-refractivity contribution >= 4 is 5.91 Å². The lowest BCUT2D eigenvalue weighted by Crippen LogP contribution is -2.44. The molecule has 0 radical (unpaired) electrons. The van der Waals surface area contributed by atoms with Gasteiger partial charge in [-0.25, -0.2) is 0 Å². The molecule has 2 aromatic carbocycles. The van der Waals surface area contributed by atoms with Crippen LogP contribution >= 0.6 is 0 Å². The van der Waals surface area contributed by atoms with E-state index in [0.29, 0.717) is 18.5 Å². The molecule has 1 N–H and O–H groups in total. The average molecular weight is 419 g/mol. The van der Waals surface area contributed by atoms with Crippen LogP contribution in [0.15, 0.2) is 42.5 Å². The van der Waals surface area contributed by atoms with E-state index in [4.69, 9.17) is 0 Å². The number of amides is 1. The number of nitrogens with zero attached hydrogens (tertiary/aromatic N) is 1. The molecule has 0 aliphatic carbocycles. The summed E-state index contributed by atoms with van der Waals surface area (Å²) in [4.78, 5) is 14.5. The molecule has 2 aromatic rings. The normalized spacial score (nSPS) is 15.9. The van der Waals surface area contributed by atoms with Crippen LogP contribution in [-0.4, -0.2) is 29.9 Å². The minimum absolute atomic E-state index is 0.0614. The predicted molar refractivity (Wildman–Crippen MR) is 112 cm³/mol. The number of benzene rings is 2. The minimum atomic E-state index is -4.32. The van der Waals surface area contributed by atoms with Gasteiger partial charge in [-0.2, -0.15) is 13.2 Å². The lowest BCUT2D eigenvalue weighted by molar-refractivity contribution is -0.137. The van der Waals surface area contributed by atoms with Crippen LogP contribution < -0.4 is 5.32 Å². The summed E-state index contributed by atoms with van der Waals surface area (Å²) in [5, 5.41) is 3.12. The molecule has 0 atom stereocenters. The number of carbonyl (C=O) groups excluding carboxylic acids is 1. The summed E-state index contributed by atoms with van der Waals surface area (Å²) < 4.78 is 38.6. The van der Waals surface area contributed by atoms with Crippen LogP contribution in [-0.2, 0) is 23.9 Å². The molecule has 30 heavy (non-hydrogen) atoms. The van der Waals surface area contributed by atoms with Crippen LogP contribution in [0.2, 0.25) is 0 Å². The summed E-state index contributed by atoms with van der Waals surface area (Å²) in [6, 6.07) is 11.9. The van der Waals surface area contributed by atoms with Crippen molar-refractivity contribution < 1.29 is 18.0 Å². The van der Waals surface area contributed by atoms with Crippen molar-refractivity contribution in [2.24, 2.45) is 0 Å². The lowest BCUT2D eigenvalue weighted by atomic mass is 10.0. The van der Waals surface area contributed by atoms with E-state index in [-0.39, 0.29) is 11.9 Å². The fourth-order valence-corrected chi connectivity index (χ4v) is 4.01. The Bertz CT molecular complexity index is 871. The van der Waals surface area contributed by atoms with Gasteiger partial charge in [0.05, 0.1) is 5.56 Å². The highest BCUT2D eigenvalue weighted by molar-refractivity contribution is 5.76. The highest BCUT2D eigenvalue weighted by atomic mass is 19.4. The van der Waals surface area contributed by atoms with Crippen LogP contribution in [0.1, 0.15) is 47.1 Å². The van der Waals surface area contributed by atoms with Crippen molar-refractivity contribution in [3.05, 3.63) is 70.3 Å². The Kier molecular flexibility index (Phi) is 7.19. The van der Waals surface area contributed by atoms with E-state index < -0.39 is 11.7 Å². The second kappa shape index (κ2) is 9.65. The molecule has 0 aromatic heterocycles. The molecule has 162 valence electrons. The van der Waals surface area contributed by atoms with Gasteiger partial charge in [-0.3, -0.25) is 9.69 Å². The number of hydrogen-bond acceptors (Lipinski definition) is 2. The third-order valence-corrected chi connectivity index (χ3v) is 5.73. The number of carbonyl (C=O) groups is 1. The zero-order valence-corrected chi connectivity index (χ0v) is 17.6. The van der Waals surface area contributed by atoms with Gasteiger partial charge in [0.2, 0.25) is 5.91 Å². The zero-order chi connectivity index (χ0) is 21.7. The monoisotopic (exact) mass is 418 g/mol. The summed E-state index contributed by atoms with van der Waals surface area (Å²) in [6.45, 7) is 6.15. The molecule has 3 nitrogen and oxygen atoms in total. The summed E-state index contributed by atoms with van der Waals surface area (Å²) >= 11 is 0. The Balaban J connectivity index is 1.42. The molecule has 1 aliphatic rings. The fourth-order valence-electron chi connectivity index (χ4n) is 4.01. The van der Waals surface area contributed by atoms with Gasteiger partial charge in [0, 0.05) is 32.1 Å². The maximum atomic E-state index is 12.9. The van der Waals surface area contributed by atoms with E-state index in [1.807, 2.05) is 0 Å². The van der Waals surface area contributed by atoms with Crippen molar-refractivity contribution in [2.75, 3.05) is 13.1 Å². The topological polar surface area (TPSA) is 32.3 Å². The zero-order valence-electron chi connectivity index (χ0n) is 17.6. The first-order chi connectivity index (χ1) is 14.2. The summed E-state index contributed by atoms with van der Waals surface area (Å²) in [5.74, 6) is 0.0614. The number of halogens is 3. The summed E-state index contributed by atoms with van der Waals surface area (Å²) in [5.41, 5.74) is 3.70. The molecule has 1 amide bonds. The van der Waals surface area contributed by atoms with E-state index in [9.17, 15) is 18.0 Å². The van der Waals surface area contributed by atoms with Crippen LogP contribution in [0, 0.1) is 13.8 Å². The van der Waals surface area contributed by atoms with Crippen LogP contribution in [0.4, 0.5) is 13.2 Å². The largest absolute Gasteiger partial charge is 0.416 e. The molecule has 1 fully saturated rings. The molecule has 0 spiro atoms. The lowest BCUT2D eigenvalue weighted by Gasteiger charge is -2.32. The van der Waals surface area contributed by atoms with Gasteiger partial charge in [-0.05, 0) is 55.9 Å². The number of alkyl halides is 3. The number of likely N-dealkylation sites (tertiary alicyclic amines) is 1. The highest BCUT2D eigenvalue weighted by Gasteiger charge is 2.30. The maximum absolute atomic E-state index is 12.9. The molecule has 1 heterocycles. The maximum Gasteiger partial charge on any atom is 0.416 e. The van der Waals surface area contributed by atoms with Crippen LogP contribution in [0.5, 0.6) is 0 Å². The molecule has 3 rings (SSSR count). The Morgan fingerprint density at radius 3 is 2.50 bits per heavy atom. The molecule has 0 unspecified atom stereocenters. The first-order valence-electron chi connectivity index (χ1n) is 10.4. The summed E-state index contributed by atoms with van der Waals surface area (Å²) in [7, 11) is 0. The molecule has 0 bridgehead atoms. The minimum Gasteiger partial charge on any atom is -0.353 e. The van der Waals surface area contributed by atoms with Gasteiger partial charge < -0.3 is 5.32 Å². The van der Waals surface area contributed by atoms with Crippen molar-refractivity contribution in [3.8, 4) is 0 Å². The van der Waals surface area contributed by atoms with Gasteiger partial charge in [0.15, 0.2) is 0 Å². The molecule has 1 saturated heterocycles. The second-order valence-electron chi connectivity index (χ2n) is 8.25. The summed E-state index contributed by atoms with van der Waals surface area (Å²) in [6.07, 6.45) is -1.49. The number of piperidine rings is 1. The van der Waals surface area contributed by atoms with E-state index in [1.165, 1.54) is 28.8 Å². The number of aryl methyl sites for hydroxylation is 3.